The molecule has 5 heteroatoms. The highest BCUT2D eigenvalue weighted by atomic mass is 32.1. The summed E-state index contributed by atoms with van der Waals surface area (Å²) in [7, 11) is 0. The summed E-state index contributed by atoms with van der Waals surface area (Å²) in [5.41, 5.74) is 1.65. The van der Waals surface area contributed by atoms with Crippen molar-refractivity contribution in [2.24, 2.45) is 5.92 Å². The van der Waals surface area contributed by atoms with Gasteiger partial charge in [0.15, 0.2) is 5.69 Å². The lowest BCUT2D eigenvalue weighted by molar-refractivity contribution is -0.0871. The fourth-order valence-corrected chi connectivity index (χ4v) is 4.45. The summed E-state index contributed by atoms with van der Waals surface area (Å²) >= 11 is 1.24. The molecule has 1 aliphatic heterocycles. The zero-order valence-corrected chi connectivity index (χ0v) is 12.6. The third-order valence-corrected chi connectivity index (χ3v) is 5.52. The number of rotatable bonds is 2. The predicted molar refractivity (Wildman–Crippen MR) is 81.0 cm³/mol. The summed E-state index contributed by atoms with van der Waals surface area (Å²) < 4.78 is 3.83. The number of carbonyl (C=O) groups excluding carboxylic acids is 1. The van der Waals surface area contributed by atoms with Gasteiger partial charge in [0.1, 0.15) is 0 Å². The smallest absolute Gasteiger partial charge is 0.276 e. The Morgan fingerprint density at radius 1 is 1.29 bits per heavy atom. The summed E-state index contributed by atoms with van der Waals surface area (Å²) in [6, 6.07) is 10.5. The summed E-state index contributed by atoms with van der Waals surface area (Å²) in [5, 5.41) is 5.71. The molecule has 2 heterocycles. The van der Waals surface area contributed by atoms with Gasteiger partial charge in [-0.1, -0.05) is 47.7 Å². The van der Waals surface area contributed by atoms with Crippen molar-refractivity contribution in [2.45, 2.75) is 31.2 Å². The number of fused-ring (bicyclic) bond motifs is 1. The minimum atomic E-state index is -0.111. The van der Waals surface area contributed by atoms with Gasteiger partial charge in [0.25, 0.3) is 5.91 Å². The van der Waals surface area contributed by atoms with Crippen LogP contribution in [-0.2, 0) is 5.54 Å². The Hall–Kier alpha value is -1.75. The van der Waals surface area contributed by atoms with Crippen LogP contribution < -0.4 is 0 Å². The first-order chi connectivity index (χ1) is 10.3. The standard InChI is InChI=1S/C16H17N3OS/c20-15(14-11-21-18-17-14)19-10-13-8-4-5-9-16(13,19)12-6-2-1-3-7-12/h1-3,6-7,11,13H,4-5,8-10H2/t13-,16-/m0/s1. The molecule has 0 bridgehead atoms. The van der Waals surface area contributed by atoms with E-state index in [9.17, 15) is 4.79 Å². The SMILES string of the molecule is O=C(c1csnn1)N1C[C@@H]2CCCC[C@]21c1ccccc1. The van der Waals surface area contributed by atoms with Crippen molar-refractivity contribution in [3.05, 3.63) is 47.0 Å². The van der Waals surface area contributed by atoms with E-state index in [1.165, 1.54) is 36.4 Å². The second-order valence-corrected chi connectivity index (χ2v) is 6.55. The van der Waals surface area contributed by atoms with E-state index in [1.54, 1.807) is 5.38 Å². The summed E-state index contributed by atoms with van der Waals surface area (Å²) in [6.07, 6.45) is 4.74. The Labute approximate surface area is 128 Å². The van der Waals surface area contributed by atoms with E-state index in [4.69, 9.17) is 0 Å². The highest BCUT2D eigenvalue weighted by molar-refractivity contribution is 7.03. The van der Waals surface area contributed by atoms with Gasteiger partial charge >= 0.3 is 0 Å². The molecule has 2 atom stereocenters. The van der Waals surface area contributed by atoms with E-state index in [0.717, 1.165) is 13.0 Å². The van der Waals surface area contributed by atoms with Crippen LogP contribution in [0.1, 0.15) is 41.7 Å². The molecule has 0 N–H and O–H groups in total. The molecule has 2 fully saturated rings. The molecule has 1 aromatic heterocycles. The number of aromatic nitrogens is 2. The van der Waals surface area contributed by atoms with E-state index in [0.29, 0.717) is 11.6 Å². The van der Waals surface area contributed by atoms with Gasteiger partial charge < -0.3 is 4.90 Å². The molecule has 2 aromatic rings. The first-order valence-corrected chi connectivity index (χ1v) is 8.30. The molecule has 108 valence electrons. The van der Waals surface area contributed by atoms with Crippen LogP contribution in [0.5, 0.6) is 0 Å². The van der Waals surface area contributed by atoms with Crippen molar-refractivity contribution in [2.75, 3.05) is 6.54 Å². The average molecular weight is 299 g/mol. The maximum Gasteiger partial charge on any atom is 0.276 e. The van der Waals surface area contributed by atoms with E-state index in [2.05, 4.69) is 33.9 Å². The van der Waals surface area contributed by atoms with Crippen LogP contribution in [0.4, 0.5) is 0 Å². The molecule has 1 saturated carbocycles. The van der Waals surface area contributed by atoms with Crippen LogP contribution >= 0.6 is 11.5 Å². The van der Waals surface area contributed by atoms with E-state index >= 15 is 0 Å². The third-order valence-electron chi connectivity index (χ3n) is 5.02. The quantitative estimate of drug-likeness (QED) is 0.856. The number of benzene rings is 1. The van der Waals surface area contributed by atoms with Gasteiger partial charge in [-0.2, -0.15) is 0 Å². The van der Waals surface area contributed by atoms with Gasteiger partial charge in [-0.25, -0.2) is 0 Å². The van der Waals surface area contributed by atoms with Gasteiger partial charge in [-0.05, 0) is 29.9 Å². The Morgan fingerprint density at radius 2 is 2.14 bits per heavy atom. The summed E-state index contributed by atoms with van der Waals surface area (Å²) in [4.78, 5) is 14.8. The fraction of sp³-hybridized carbons (Fsp3) is 0.438. The molecule has 1 amide bonds. The lowest BCUT2D eigenvalue weighted by Crippen LogP contribution is -2.67. The fourth-order valence-electron chi connectivity index (χ4n) is 4.02. The lowest BCUT2D eigenvalue weighted by atomic mass is 9.61. The van der Waals surface area contributed by atoms with Gasteiger partial charge in [-0.3, -0.25) is 4.79 Å². The number of nitrogens with zero attached hydrogens (tertiary/aromatic N) is 3. The molecule has 1 aliphatic carbocycles. The minimum absolute atomic E-state index is 0.0331. The van der Waals surface area contributed by atoms with Crippen molar-refractivity contribution in [1.82, 2.24) is 14.5 Å². The molecule has 4 rings (SSSR count). The number of amides is 1. The van der Waals surface area contributed by atoms with Crippen LogP contribution in [0.3, 0.4) is 0 Å². The molecule has 2 aliphatic rings. The van der Waals surface area contributed by atoms with Crippen molar-refractivity contribution >= 4 is 17.4 Å². The van der Waals surface area contributed by atoms with Gasteiger partial charge in [0, 0.05) is 17.8 Å². The topological polar surface area (TPSA) is 46.1 Å². The molecule has 0 spiro atoms. The van der Waals surface area contributed by atoms with Crippen LogP contribution in [0.2, 0.25) is 0 Å². The molecule has 4 nitrogen and oxygen atoms in total. The van der Waals surface area contributed by atoms with Crippen molar-refractivity contribution < 1.29 is 4.79 Å². The Morgan fingerprint density at radius 3 is 2.86 bits per heavy atom. The van der Waals surface area contributed by atoms with E-state index in [1.807, 2.05) is 11.0 Å². The van der Waals surface area contributed by atoms with Gasteiger partial charge in [0.2, 0.25) is 0 Å². The zero-order valence-electron chi connectivity index (χ0n) is 11.7. The first kappa shape index (κ1) is 13.0. The predicted octanol–water partition coefficient (Wildman–Crippen LogP) is 3.08. The molecular formula is C16H17N3OS. The zero-order chi connectivity index (χ0) is 14.3. The second-order valence-electron chi connectivity index (χ2n) is 5.94. The number of carbonyl (C=O) groups is 1. The molecule has 1 aromatic carbocycles. The molecule has 1 saturated heterocycles. The number of hydrogen-bond acceptors (Lipinski definition) is 4. The Bertz CT molecular complexity index is 643. The highest BCUT2D eigenvalue weighted by Crippen LogP contribution is 2.54. The summed E-state index contributed by atoms with van der Waals surface area (Å²) in [5.74, 6) is 0.620. The van der Waals surface area contributed by atoms with Gasteiger partial charge in [0.05, 0.1) is 5.54 Å². The largest absolute Gasteiger partial charge is 0.327 e. The monoisotopic (exact) mass is 299 g/mol. The van der Waals surface area contributed by atoms with Gasteiger partial charge in [-0.15, -0.1) is 5.10 Å². The Balaban J connectivity index is 1.74. The van der Waals surface area contributed by atoms with Crippen LogP contribution in [-0.4, -0.2) is 26.9 Å². The first-order valence-electron chi connectivity index (χ1n) is 7.47. The number of hydrogen-bond donors (Lipinski definition) is 0. The third kappa shape index (κ3) is 1.83. The second kappa shape index (κ2) is 4.91. The van der Waals surface area contributed by atoms with Crippen molar-refractivity contribution in [1.29, 1.82) is 0 Å². The van der Waals surface area contributed by atoms with E-state index in [-0.39, 0.29) is 11.4 Å². The average Bonchev–Trinajstić information content (AvgIpc) is 3.04. The molecular weight excluding hydrogens is 282 g/mol. The van der Waals surface area contributed by atoms with Crippen LogP contribution in [0.15, 0.2) is 35.7 Å². The summed E-state index contributed by atoms with van der Waals surface area (Å²) in [6.45, 7) is 0.852. The Kier molecular flexibility index (Phi) is 3.03. The minimum Gasteiger partial charge on any atom is -0.327 e. The maximum absolute atomic E-state index is 12.8. The van der Waals surface area contributed by atoms with Crippen molar-refractivity contribution in [3.8, 4) is 0 Å². The van der Waals surface area contributed by atoms with Crippen molar-refractivity contribution in [3.63, 3.8) is 0 Å². The number of likely N-dealkylation sites (tertiary alicyclic amines) is 1. The molecule has 0 unspecified atom stereocenters. The molecule has 21 heavy (non-hydrogen) atoms. The molecule has 0 radical (unpaired) electrons. The van der Waals surface area contributed by atoms with Crippen LogP contribution in [0.25, 0.3) is 0 Å². The highest BCUT2D eigenvalue weighted by Gasteiger charge is 2.57. The maximum atomic E-state index is 12.8. The lowest BCUT2D eigenvalue weighted by Gasteiger charge is -2.61. The van der Waals surface area contributed by atoms with Crippen LogP contribution in [0, 0.1) is 5.92 Å². The van der Waals surface area contributed by atoms with E-state index < -0.39 is 0 Å². The normalized spacial score (nSPS) is 27.8.